The summed E-state index contributed by atoms with van der Waals surface area (Å²) in [5, 5.41) is 19.6. The minimum atomic E-state index is -0.504. The molecule has 24 heavy (non-hydrogen) atoms. The lowest BCUT2D eigenvalue weighted by atomic mass is 10.2. The average Bonchev–Trinajstić information content (AvgIpc) is 3.17. The number of nitrogens with zero attached hydrogens (tertiary/aromatic N) is 3. The van der Waals surface area contributed by atoms with E-state index in [0.717, 1.165) is 9.35 Å². The van der Waals surface area contributed by atoms with E-state index in [-0.39, 0.29) is 11.6 Å². The van der Waals surface area contributed by atoms with Crippen molar-refractivity contribution >= 4 is 44.7 Å². The van der Waals surface area contributed by atoms with Gasteiger partial charge < -0.3 is 5.32 Å². The van der Waals surface area contributed by atoms with Crippen molar-refractivity contribution < 1.29 is 9.72 Å². The first-order valence-corrected chi connectivity index (χ1v) is 8.51. The van der Waals surface area contributed by atoms with E-state index in [0.29, 0.717) is 17.9 Å². The number of nitro benzene ring substituents is 1. The number of rotatable bonds is 5. The molecule has 0 aliphatic carbocycles. The maximum absolute atomic E-state index is 12.3. The molecule has 0 unspecified atom stereocenters. The lowest BCUT2D eigenvalue weighted by Crippen LogP contribution is -2.16. The predicted octanol–water partition coefficient (Wildman–Crippen LogP) is 3.92. The fourth-order valence-corrected chi connectivity index (χ4v) is 3.50. The van der Waals surface area contributed by atoms with Gasteiger partial charge in [0, 0.05) is 38.5 Å². The third-order valence-corrected chi connectivity index (χ3v) is 4.91. The lowest BCUT2D eigenvalue weighted by molar-refractivity contribution is -0.384. The normalized spacial score (nSPS) is 10.5. The Morgan fingerprint density at radius 2 is 2.08 bits per heavy atom. The molecule has 0 spiro atoms. The molecule has 0 atom stereocenters. The molecule has 9 heteroatoms. The molecule has 0 aliphatic heterocycles. The van der Waals surface area contributed by atoms with Crippen molar-refractivity contribution in [3.05, 3.63) is 73.0 Å². The minimum absolute atomic E-state index is 0.0557. The number of hydrogen-bond acceptors (Lipinski definition) is 5. The number of hydrogen-bond donors (Lipinski definition) is 1. The second kappa shape index (κ2) is 6.93. The quantitative estimate of drug-likeness (QED) is 0.513. The van der Waals surface area contributed by atoms with Crippen molar-refractivity contribution in [3.8, 4) is 0 Å². The summed E-state index contributed by atoms with van der Waals surface area (Å²) in [4.78, 5) is 23.5. The maximum Gasteiger partial charge on any atom is 0.269 e. The Morgan fingerprint density at radius 1 is 1.33 bits per heavy atom. The zero-order chi connectivity index (χ0) is 17.1. The van der Waals surface area contributed by atoms with Crippen molar-refractivity contribution in [2.45, 2.75) is 6.54 Å². The van der Waals surface area contributed by atoms with Crippen molar-refractivity contribution in [1.29, 1.82) is 0 Å². The van der Waals surface area contributed by atoms with Crippen LogP contribution in [0.5, 0.6) is 0 Å². The summed E-state index contributed by atoms with van der Waals surface area (Å²) in [6.07, 6.45) is 1.61. The van der Waals surface area contributed by atoms with Gasteiger partial charge in [0.15, 0.2) is 0 Å². The molecule has 0 fully saturated rings. The topological polar surface area (TPSA) is 90.1 Å². The molecule has 0 saturated heterocycles. The first kappa shape index (κ1) is 16.3. The van der Waals surface area contributed by atoms with Crippen LogP contribution in [-0.4, -0.2) is 20.6 Å². The summed E-state index contributed by atoms with van der Waals surface area (Å²) < 4.78 is 2.69. The molecule has 0 radical (unpaired) electrons. The third kappa shape index (κ3) is 3.69. The number of carbonyl (C=O) groups excluding carboxylic acids is 1. The molecule has 3 aromatic rings. The fourth-order valence-electron chi connectivity index (χ4n) is 2.07. The number of amides is 1. The van der Waals surface area contributed by atoms with Gasteiger partial charge in [0.05, 0.1) is 17.7 Å². The summed E-state index contributed by atoms with van der Waals surface area (Å²) in [7, 11) is 0. The molecular formula is C15H11BrN4O3S. The first-order chi connectivity index (χ1) is 11.5. The molecule has 1 N–H and O–H groups in total. The van der Waals surface area contributed by atoms with E-state index < -0.39 is 4.92 Å². The van der Waals surface area contributed by atoms with E-state index in [1.165, 1.54) is 24.3 Å². The molecule has 2 aromatic heterocycles. The van der Waals surface area contributed by atoms with Gasteiger partial charge in [-0.15, -0.1) is 11.3 Å². The second-order valence-electron chi connectivity index (χ2n) is 4.86. The van der Waals surface area contributed by atoms with Crippen LogP contribution in [0, 0.1) is 10.1 Å². The number of thiophene rings is 1. The highest BCUT2D eigenvalue weighted by Crippen LogP contribution is 2.22. The largest absolute Gasteiger partial charge is 0.307 e. The molecule has 1 aromatic carbocycles. The number of aromatic nitrogens is 2. The zero-order valence-electron chi connectivity index (χ0n) is 12.2. The summed E-state index contributed by atoms with van der Waals surface area (Å²) in [6.45, 7) is 0.541. The summed E-state index contributed by atoms with van der Waals surface area (Å²) in [5.74, 6) is 0.210. The van der Waals surface area contributed by atoms with Gasteiger partial charge >= 0.3 is 0 Å². The van der Waals surface area contributed by atoms with Crippen molar-refractivity contribution in [2.24, 2.45) is 0 Å². The van der Waals surface area contributed by atoms with Gasteiger partial charge in [0.2, 0.25) is 0 Å². The van der Waals surface area contributed by atoms with Gasteiger partial charge in [-0.25, -0.2) is 4.68 Å². The van der Waals surface area contributed by atoms with Gasteiger partial charge in [0.25, 0.3) is 11.6 Å². The van der Waals surface area contributed by atoms with Gasteiger partial charge in [-0.05, 0) is 34.1 Å². The van der Waals surface area contributed by atoms with Gasteiger partial charge in [0.1, 0.15) is 5.82 Å². The highest BCUT2D eigenvalue weighted by atomic mass is 79.9. The minimum Gasteiger partial charge on any atom is -0.307 e. The van der Waals surface area contributed by atoms with E-state index in [9.17, 15) is 14.9 Å². The average molecular weight is 407 g/mol. The molecule has 3 rings (SSSR count). The highest BCUT2D eigenvalue weighted by Gasteiger charge is 2.12. The Morgan fingerprint density at radius 3 is 2.71 bits per heavy atom. The van der Waals surface area contributed by atoms with Crippen LogP contribution in [0.3, 0.4) is 0 Å². The predicted molar refractivity (Wildman–Crippen MR) is 94.4 cm³/mol. The Kier molecular flexibility index (Phi) is 4.72. The molecule has 122 valence electrons. The van der Waals surface area contributed by atoms with Crippen molar-refractivity contribution in [1.82, 2.24) is 9.78 Å². The molecule has 0 aliphatic rings. The number of halogens is 1. The van der Waals surface area contributed by atoms with Crippen LogP contribution in [0.2, 0.25) is 0 Å². The van der Waals surface area contributed by atoms with Crippen LogP contribution < -0.4 is 5.32 Å². The van der Waals surface area contributed by atoms with E-state index >= 15 is 0 Å². The first-order valence-electron chi connectivity index (χ1n) is 6.83. The van der Waals surface area contributed by atoms with E-state index in [1.807, 2.05) is 11.4 Å². The van der Waals surface area contributed by atoms with Crippen molar-refractivity contribution in [3.63, 3.8) is 0 Å². The fraction of sp³-hybridized carbons (Fsp3) is 0.0667. The third-order valence-electron chi connectivity index (χ3n) is 3.23. The smallest absolute Gasteiger partial charge is 0.269 e. The van der Waals surface area contributed by atoms with E-state index in [2.05, 4.69) is 26.3 Å². The Labute approximate surface area is 149 Å². The van der Waals surface area contributed by atoms with Crippen LogP contribution >= 0.6 is 27.3 Å². The second-order valence-corrected chi connectivity index (χ2v) is 6.77. The van der Waals surface area contributed by atoms with Gasteiger partial charge in [-0.2, -0.15) is 5.10 Å². The Balaban J connectivity index is 1.73. The van der Waals surface area contributed by atoms with Crippen LogP contribution in [0.1, 0.15) is 15.2 Å². The molecule has 7 nitrogen and oxygen atoms in total. The Hall–Kier alpha value is -2.52. The number of nitro groups is 1. The summed E-state index contributed by atoms with van der Waals surface area (Å²) in [5.41, 5.74) is 0.284. The van der Waals surface area contributed by atoms with Crippen LogP contribution in [0.15, 0.2) is 52.4 Å². The molecular weight excluding hydrogens is 396 g/mol. The molecule has 2 heterocycles. The molecule has 1 amide bonds. The van der Waals surface area contributed by atoms with Crippen molar-refractivity contribution in [2.75, 3.05) is 5.32 Å². The number of anilines is 1. The number of nitrogens with one attached hydrogen (secondary N) is 1. The zero-order valence-corrected chi connectivity index (χ0v) is 14.6. The summed E-state index contributed by atoms with van der Waals surface area (Å²) >= 11 is 5.00. The van der Waals surface area contributed by atoms with Crippen LogP contribution in [-0.2, 0) is 6.54 Å². The number of benzene rings is 1. The number of non-ortho nitro benzene ring substituents is 1. The van der Waals surface area contributed by atoms with Gasteiger partial charge in [-0.3, -0.25) is 14.9 Å². The standard InChI is InChI=1S/C15H11BrN4O3S/c16-11-7-13(24-9-11)8-19-14(5-6-17-19)18-15(21)10-1-3-12(4-2-10)20(22)23/h1-7,9H,8H2,(H,18,21). The maximum atomic E-state index is 12.3. The van der Waals surface area contributed by atoms with E-state index in [4.69, 9.17) is 0 Å². The van der Waals surface area contributed by atoms with E-state index in [1.54, 1.807) is 28.3 Å². The highest BCUT2D eigenvalue weighted by molar-refractivity contribution is 9.10. The van der Waals surface area contributed by atoms with Crippen LogP contribution in [0.25, 0.3) is 0 Å². The Bertz CT molecular complexity index is 888. The monoisotopic (exact) mass is 406 g/mol. The summed E-state index contributed by atoms with van der Waals surface area (Å²) in [6, 6.07) is 9.14. The van der Waals surface area contributed by atoms with Gasteiger partial charge in [-0.1, -0.05) is 0 Å². The SMILES string of the molecule is O=C(Nc1ccnn1Cc1cc(Br)cs1)c1ccc([N+](=O)[O-])cc1. The lowest BCUT2D eigenvalue weighted by Gasteiger charge is -2.08. The molecule has 0 saturated carbocycles. The van der Waals surface area contributed by atoms with Crippen LogP contribution in [0.4, 0.5) is 11.5 Å². The number of carbonyl (C=O) groups is 1. The molecule has 0 bridgehead atoms.